The summed E-state index contributed by atoms with van der Waals surface area (Å²) in [5.41, 5.74) is 3.29. The van der Waals surface area contributed by atoms with E-state index in [4.69, 9.17) is 0 Å². The summed E-state index contributed by atoms with van der Waals surface area (Å²) in [6.45, 7) is 7.02. The van der Waals surface area contributed by atoms with E-state index in [1.807, 2.05) is 38.1 Å². The number of amides is 1. The molecule has 0 aliphatic heterocycles. The molecule has 6 nitrogen and oxygen atoms in total. The molecule has 0 aliphatic carbocycles. The number of hydrogen-bond donors (Lipinski definition) is 1. The van der Waals surface area contributed by atoms with Crippen molar-refractivity contribution in [3.05, 3.63) is 64.2 Å². The first kappa shape index (κ1) is 20.6. The van der Waals surface area contributed by atoms with Gasteiger partial charge in [0.2, 0.25) is 5.91 Å². The summed E-state index contributed by atoms with van der Waals surface area (Å²) < 4.78 is 41.8. The first-order chi connectivity index (χ1) is 13.6. The summed E-state index contributed by atoms with van der Waals surface area (Å²) in [4.78, 5) is 12.4. The van der Waals surface area contributed by atoms with Crippen LogP contribution in [0.15, 0.2) is 30.3 Å². The lowest BCUT2D eigenvalue weighted by molar-refractivity contribution is -0.144. The highest BCUT2D eigenvalue weighted by molar-refractivity contribution is 5.91. The zero-order valence-corrected chi connectivity index (χ0v) is 16.6. The van der Waals surface area contributed by atoms with Gasteiger partial charge in [-0.1, -0.05) is 24.3 Å². The Kier molecular flexibility index (Phi) is 5.50. The molecule has 0 saturated heterocycles. The lowest BCUT2D eigenvalue weighted by Gasteiger charge is -2.11. The number of rotatable bonds is 5. The van der Waals surface area contributed by atoms with Crippen molar-refractivity contribution in [1.29, 1.82) is 0 Å². The van der Waals surface area contributed by atoms with Gasteiger partial charge in [-0.3, -0.25) is 14.2 Å². The molecular weight excluding hydrogens is 383 g/mol. The molecule has 0 fully saturated rings. The van der Waals surface area contributed by atoms with Gasteiger partial charge in [-0.15, -0.1) is 0 Å². The highest BCUT2D eigenvalue weighted by atomic mass is 19.4. The van der Waals surface area contributed by atoms with Gasteiger partial charge in [0.25, 0.3) is 0 Å². The number of nitrogens with zero attached hydrogens (tertiary/aromatic N) is 4. The summed E-state index contributed by atoms with van der Waals surface area (Å²) in [5, 5.41) is 10.9. The molecule has 3 rings (SSSR count). The normalized spacial score (nSPS) is 11.7. The first-order valence-corrected chi connectivity index (χ1v) is 9.06. The number of benzene rings is 1. The number of anilines is 1. The van der Waals surface area contributed by atoms with E-state index in [-0.39, 0.29) is 5.69 Å². The Balaban J connectivity index is 1.78. The zero-order chi connectivity index (χ0) is 21.3. The molecule has 0 bridgehead atoms. The highest BCUT2D eigenvalue weighted by Crippen LogP contribution is 2.30. The maximum atomic E-state index is 13.1. The minimum absolute atomic E-state index is 0.198. The van der Waals surface area contributed by atoms with Crippen molar-refractivity contribution in [3.8, 4) is 0 Å². The second-order valence-electron chi connectivity index (χ2n) is 7.00. The van der Waals surface area contributed by atoms with Crippen LogP contribution in [0.3, 0.4) is 0 Å². The van der Waals surface area contributed by atoms with Crippen molar-refractivity contribution in [2.75, 3.05) is 5.32 Å². The minimum Gasteiger partial charge on any atom is -0.321 e. The summed E-state index contributed by atoms with van der Waals surface area (Å²) in [6.07, 6.45) is -4.58. The Morgan fingerprint density at radius 3 is 2.41 bits per heavy atom. The van der Waals surface area contributed by atoms with Crippen LogP contribution in [0.2, 0.25) is 0 Å². The lowest BCUT2D eigenvalue weighted by Crippen LogP contribution is -2.24. The Morgan fingerprint density at radius 1 is 1.07 bits per heavy atom. The van der Waals surface area contributed by atoms with Crippen LogP contribution in [0, 0.1) is 27.7 Å². The van der Waals surface area contributed by atoms with E-state index in [1.165, 1.54) is 6.92 Å². The van der Waals surface area contributed by atoms with Crippen molar-refractivity contribution in [1.82, 2.24) is 19.6 Å². The standard InChI is InChI=1S/C20H22F3N5O/c1-12-7-5-6-8-16(12)10-27-15(4)19(14(3)26-27)24-18(29)11-28-17(20(21,22)23)9-13(2)25-28/h5-9H,10-11H2,1-4H3,(H,24,29). The van der Waals surface area contributed by atoms with Crippen molar-refractivity contribution in [3.63, 3.8) is 0 Å². The molecule has 0 aliphatic rings. The maximum Gasteiger partial charge on any atom is 0.433 e. The minimum atomic E-state index is -4.58. The van der Waals surface area contributed by atoms with Crippen LogP contribution in [0.5, 0.6) is 0 Å². The molecule has 0 spiro atoms. The Labute approximate surface area is 166 Å². The smallest absolute Gasteiger partial charge is 0.321 e. The van der Waals surface area contributed by atoms with Gasteiger partial charge in [0.15, 0.2) is 0 Å². The van der Waals surface area contributed by atoms with Gasteiger partial charge >= 0.3 is 6.18 Å². The quantitative estimate of drug-likeness (QED) is 0.697. The molecule has 0 radical (unpaired) electrons. The van der Waals surface area contributed by atoms with E-state index in [0.29, 0.717) is 22.6 Å². The van der Waals surface area contributed by atoms with Crippen LogP contribution in [0.25, 0.3) is 0 Å². The Morgan fingerprint density at radius 2 is 1.76 bits per heavy atom. The predicted molar refractivity (Wildman–Crippen MR) is 103 cm³/mol. The number of alkyl halides is 3. The van der Waals surface area contributed by atoms with Gasteiger partial charge < -0.3 is 5.32 Å². The molecule has 2 heterocycles. The molecule has 1 aromatic carbocycles. The third-order valence-electron chi connectivity index (χ3n) is 4.71. The predicted octanol–water partition coefficient (Wildman–Crippen LogP) is 4.02. The average molecular weight is 405 g/mol. The second-order valence-corrected chi connectivity index (χ2v) is 7.00. The van der Waals surface area contributed by atoms with E-state index in [2.05, 4.69) is 15.5 Å². The monoisotopic (exact) mass is 405 g/mol. The lowest BCUT2D eigenvalue weighted by atomic mass is 10.1. The van der Waals surface area contributed by atoms with Gasteiger partial charge in [0, 0.05) is 0 Å². The number of halogens is 3. The van der Waals surface area contributed by atoms with Gasteiger partial charge in [-0.25, -0.2) is 0 Å². The van der Waals surface area contributed by atoms with Crippen molar-refractivity contribution >= 4 is 11.6 Å². The Bertz CT molecular complexity index is 1050. The molecule has 1 amide bonds. The number of hydrogen-bond acceptors (Lipinski definition) is 3. The molecule has 0 saturated carbocycles. The topological polar surface area (TPSA) is 64.7 Å². The van der Waals surface area contributed by atoms with Crippen molar-refractivity contribution in [2.24, 2.45) is 0 Å². The molecule has 29 heavy (non-hydrogen) atoms. The summed E-state index contributed by atoms with van der Waals surface area (Å²) in [7, 11) is 0. The zero-order valence-electron chi connectivity index (χ0n) is 16.6. The van der Waals surface area contributed by atoms with Crippen LogP contribution in [-0.4, -0.2) is 25.5 Å². The molecule has 2 aromatic heterocycles. The van der Waals surface area contributed by atoms with Crippen LogP contribution in [0.1, 0.15) is 33.9 Å². The molecule has 0 unspecified atom stereocenters. The van der Waals surface area contributed by atoms with E-state index in [1.54, 1.807) is 11.6 Å². The van der Waals surface area contributed by atoms with E-state index < -0.39 is 24.3 Å². The number of aryl methyl sites for hydroxylation is 3. The van der Waals surface area contributed by atoms with Crippen LogP contribution in [-0.2, 0) is 24.1 Å². The number of aromatic nitrogens is 4. The third-order valence-corrected chi connectivity index (χ3v) is 4.71. The second kappa shape index (κ2) is 7.73. The fraction of sp³-hybridized carbons (Fsp3) is 0.350. The summed E-state index contributed by atoms with van der Waals surface area (Å²) >= 11 is 0. The molecule has 0 atom stereocenters. The van der Waals surface area contributed by atoms with Gasteiger partial charge in [-0.05, 0) is 44.9 Å². The third kappa shape index (κ3) is 4.49. The van der Waals surface area contributed by atoms with Gasteiger partial charge in [-0.2, -0.15) is 23.4 Å². The maximum absolute atomic E-state index is 13.1. The fourth-order valence-corrected chi connectivity index (χ4v) is 3.19. The highest BCUT2D eigenvalue weighted by Gasteiger charge is 2.35. The fourth-order valence-electron chi connectivity index (χ4n) is 3.19. The van der Waals surface area contributed by atoms with E-state index >= 15 is 0 Å². The van der Waals surface area contributed by atoms with Crippen LogP contribution >= 0.6 is 0 Å². The Hall–Kier alpha value is -3.10. The largest absolute Gasteiger partial charge is 0.433 e. The van der Waals surface area contributed by atoms with Crippen molar-refractivity contribution in [2.45, 2.75) is 47.0 Å². The van der Waals surface area contributed by atoms with Crippen molar-refractivity contribution < 1.29 is 18.0 Å². The van der Waals surface area contributed by atoms with E-state index in [0.717, 1.165) is 22.9 Å². The average Bonchev–Trinajstić information content (AvgIpc) is 3.11. The van der Waals surface area contributed by atoms with Gasteiger partial charge in [0.1, 0.15) is 12.2 Å². The molecule has 154 valence electrons. The first-order valence-electron chi connectivity index (χ1n) is 9.06. The van der Waals surface area contributed by atoms with Gasteiger partial charge in [0.05, 0.1) is 29.3 Å². The number of nitrogens with one attached hydrogen (secondary N) is 1. The summed E-state index contributed by atoms with van der Waals surface area (Å²) in [6, 6.07) is 8.83. The SMILES string of the molecule is Cc1cc(C(F)(F)F)n(CC(=O)Nc2c(C)nn(Cc3ccccc3C)c2C)n1. The molecule has 3 aromatic rings. The molecule has 1 N–H and O–H groups in total. The number of carbonyl (C=O) groups excluding carboxylic acids is 1. The summed E-state index contributed by atoms with van der Waals surface area (Å²) in [5.74, 6) is -0.597. The van der Waals surface area contributed by atoms with Crippen LogP contribution < -0.4 is 5.32 Å². The van der Waals surface area contributed by atoms with E-state index in [9.17, 15) is 18.0 Å². The van der Waals surface area contributed by atoms with Crippen LogP contribution in [0.4, 0.5) is 18.9 Å². The molecule has 9 heteroatoms. The number of carbonyl (C=O) groups is 1. The molecular formula is C20H22F3N5O.